The van der Waals surface area contributed by atoms with Gasteiger partial charge in [-0.25, -0.2) is 0 Å². The Kier molecular flexibility index (Phi) is 7.08. The molecule has 0 aliphatic rings. The van der Waals surface area contributed by atoms with Gasteiger partial charge in [-0.05, 0) is 79.8 Å². The Labute approximate surface area is 183 Å². The monoisotopic (exact) mass is 416 g/mol. The summed E-state index contributed by atoms with van der Waals surface area (Å²) in [6.45, 7) is 8.44. The highest BCUT2D eigenvalue weighted by atomic mass is 16.5. The largest absolute Gasteiger partial charge is 0.489 e. The van der Waals surface area contributed by atoms with Gasteiger partial charge in [0.1, 0.15) is 12.4 Å². The topological polar surface area (TPSA) is 67.4 Å². The maximum absolute atomic E-state index is 12.4. The van der Waals surface area contributed by atoms with Crippen LogP contribution in [0.5, 0.6) is 5.75 Å². The lowest BCUT2D eigenvalue weighted by atomic mass is 9.96. The predicted molar refractivity (Wildman–Crippen MR) is 123 cm³/mol. The van der Waals surface area contributed by atoms with Crippen molar-refractivity contribution in [1.82, 2.24) is 5.32 Å². The second-order valence-corrected chi connectivity index (χ2v) is 7.74. The second-order valence-electron chi connectivity index (χ2n) is 7.74. The molecule has 0 fully saturated rings. The number of hydrogen-bond donors (Lipinski definition) is 2. The van der Waals surface area contributed by atoms with Crippen molar-refractivity contribution >= 4 is 17.5 Å². The molecule has 0 aliphatic heterocycles. The summed E-state index contributed by atoms with van der Waals surface area (Å²) in [5, 5.41) is 5.41. The zero-order valence-electron chi connectivity index (χ0n) is 18.4. The lowest BCUT2D eigenvalue weighted by molar-refractivity contribution is -0.136. The first-order chi connectivity index (χ1) is 14.8. The molecule has 0 aromatic heterocycles. The van der Waals surface area contributed by atoms with Crippen LogP contribution in [0.2, 0.25) is 0 Å². The fourth-order valence-electron chi connectivity index (χ4n) is 3.35. The molecule has 0 saturated carbocycles. The zero-order valence-corrected chi connectivity index (χ0v) is 18.4. The summed E-state index contributed by atoms with van der Waals surface area (Å²) in [4.78, 5) is 24.7. The Bertz CT molecular complexity index is 1060. The lowest BCUT2D eigenvalue weighted by Gasteiger charge is -2.18. The summed E-state index contributed by atoms with van der Waals surface area (Å²) in [6.07, 6.45) is 0. The number of rotatable bonds is 6. The SMILES string of the molecule is Cc1cc(C)c([C@H](C)NC(=O)C(=O)Nc2ccc(OCc3ccccc3)cc2)cc1C. The number of benzene rings is 3. The average molecular weight is 417 g/mol. The molecule has 0 bridgehead atoms. The van der Waals surface area contributed by atoms with E-state index in [2.05, 4.69) is 29.7 Å². The van der Waals surface area contributed by atoms with Crippen LogP contribution in [-0.2, 0) is 16.2 Å². The standard InChI is InChI=1S/C26H28N2O3/c1-17-14-19(3)24(15-18(17)2)20(4)27-25(29)26(30)28-22-10-12-23(13-11-22)31-16-21-8-6-5-7-9-21/h5-15,20H,16H2,1-4H3,(H,27,29)(H,28,30)/t20-/m0/s1. The quantitative estimate of drug-likeness (QED) is 0.555. The van der Waals surface area contributed by atoms with Crippen LogP contribution >= 0.6 is 0 Å². The van der Waals surface area contributed by atoms with Crippen LogP contribution in [0, 0.1) is 20.8 Å². The summed E-state index contributed by atoms with van der Waals surface area (Å²) in [7, 11) is 0. The van der Waals surface area contributed by atoms with Gasteiger partial charge in [-0.3, -0.25) is 9.59 Å². The van der Waals surface area contributed by atoms with Gasteiger partial charge in [0, 0.05) is 5.69 Å². The third-order valence-corrected chi connectivity index (χ3v) is 5.26. The number of anilines is 1. The van der Waals surface area contributed by atoms with Crippen LogP contribution in [0.15, 0.2) is 66.7 Å². The van der Waals surface area contributed by atoms with E-state index in [0.29, 0.717) is 18.0 Å². The number of carbonyl (C=O) groups excluding carboxylic acids is 2. The minimum atomic E-state index is -0.703. The van der Waals surface area contributed by atoms with Crippen molar-refractivity contribution in [3.63, 3.8) is 0 Å². The molecule has 0 saturated heterocycles. The molecule has 3 rings (SSSR count). The van der Waals surface area contributed by atoms with Gasteiger partial charge in [0.15, 0.2) is 0 Å². The molecule has 2 amide bonds. The van der Waals surface area contributed by atoms with E-state index in [1.165, 1.54) is 5.56 Å². The molecule has 5 nitrogen and oxygen atoms in total. The number of amides is 2. The molecule has 3 aromatic carbocycles. The summed E-state index contributed by atoms with van der Waals surface area (Å²) < 4.78 is 5.74. The van der Waals surface area contributed by atoms with E-state index >= 15 is 0 Å². The first-order valence-corrected chi connectivity index (χ1v) is 10.3. The summed E-state index contributed by atoms with van der Waals surface area (Å²) in [5.41, 5.74) is 6.05. The van der Waals surface area contributed by atoms with Gasteiger partial charge in [-0.1, -0.05) is 42.5 Å². The minimum absolute atomic E-state index is 0.272. The number of aryl methyl sites for hydroxylation is 3. The number of hydrogen-bond acceptors (Lipinski definition) is 3. The van der Waals surface area contributed by atoms with Gasteiger partial charge in [0.25, 0.3) is 0 Å². The molecule has 160 valence electrons. The van der Waals surface area contributed by atoms with Crippen LogP contribution in [-0.4, -0.2) is 11.8 Å². The van der Waals surface area contributed by atoms with Crippen LogP contribution < -0.4 is 15.4 Å². The van der Waals surface area contributed by atoms with E-state index in [4.69, 9.17) is 4.74 Å². The van der Waals surface area contributed by atoms with Crippen molar-refractivity contribution in [3.05, 3.63) is 94.5 Å². The van der Waals surface area contributed by atoms with E-state index < -0.39 is 11.8 Å². The Balaban J connectivity index is 1.54. The molecular formula is C26H28N2O3. The van der Waals surface area contributed by atoms with Crippen molar-refractivity contribution in [1.29, 1.82) is 0 Å². The minimum Gasteiger partial charge on any atom is -0.489 e. The van der Waals surface area contributed by atoms with Crippen molar-refractivity contribution in [2.75, 3.05) is 5.32 Å². The molecule has 0 aliphatic carbocycles. The van der Waals surface area contributed by atoms with Crippen LogP contribution in [0.4, 0.5) is 5.69 Å². The van der Waals surface area contributed by atoms with E-state index in [0.717, 1.165) is 22.3 Å². The van der Waals surface area contributed by atoms with E-state index in [-0.39, 0.29) is 6.04 Å². The summed E-state index contributed by atoms with van der Waals surface area (Å²) in [6, 6.07) is 20.7. The smallest absolute Gasteiger partial charge is 0.313 e. The second kappa shape index (κ2) is 9.94. The normalized spacial score (nSPS) is 11.5. The average Bonchev–Trinajstić information content (AvgIpc) is 2.76. The Hall–Kier alpha value is -3.60. The van der Waals surface area contributed by atoms with Crippen molar-refractivity contribution in [2.45, 2.75) is 40.3 Å². The maximum atomic E-state index is 12.4. The molecule has 0 spiro atoms. The zero-order chi connectivity index (χ0) is 22.4. The molecule has 0 unspecified atom stereocenters. The lowest BCUT2D eigenvalue weighted by Crippen LogP contribution is -2.37. The molecule has 3 aromatic rings. The third kappa shape index (κ3) is 5.95. The third-order valence-electron chi connectivity index (χ3n) is 5.26. The maximum Gasteiger partial charge on any atom is 0.313 e. The first-order valence-electron chi connectivity index (χ1n) is 10.3. The Morgan fingerprint density at radius 1 is 0.839 bits per heavy atom. The molecule has 2 N–H and O–H groups in total. The van der Waals surface area contributed by atoms with Crippen LogP contribution in [0.3, 0.4) is 0 Å². The molecule has 1 atom stereocenters. The van der Waals surface area contributed by atoms with Gasteiger partial charge >= 0.3 is 11.8 Å². The van der Waals surface area contributed by atoms with E-state index in [1.807, 2.05) is 51.1 Å². The number of carbonyl (C=O) groups is 2. The molecule has 0 radical (unpaired) electrons. The highest BCUT2D eigenvalue weighted by Crippen LogP contribution is 2.22. The number of ether oxygens (including phenoxy) is 1. The molecule has 31 heavy (non-hydrogen) atoms. The molecule has 0 heterocycles. The number of nitrogens with one attached hydrogen (secondary N) is 2. The van der Waals surface area contributed by atoms with E-state index in [1.54, 1.807) is 24.3 Å². The Morgan fingerprint density at radius 3 is 2.16 bits per heavy atom. The fourth-order valence-corrected chi connectivity index (χ4v) is 3.35. The highest BCUT2D eigenvalue weighted by molar-refractivity contribution is 6.39. The summed E-state index contributed by atoms with van der Waals surface area (Å²) in [5.74, 6) is -0.689. The van der Waals surface area contributed by atoms with Gasteiger partial charge in [-0.2, -0.15) is 0 Å². The fraction of sp³-hybridized carbons (Fsp3) is 0.231. The van der Waals surface area contributed by atoms with Crippen LogP contribution in [0.25, 0.3) is 0 Å². The first kappa shape index (κ1) is 22.1. The highest BCUT2D eigenvalue weighted by Gasteiger charge is 2.18. The van der Waals surface area contributed by atoms with E-state index in [9.17, 15) is 9.59 Å². The summed E-state index contributed by atoms with van der Waals surface area (Å²) >= 11 is 0. The van der Waals surface area contributed by atoms with Crippen LogP contribution in [0.1, 0.15) is 40.8 Å². The predicted octanol–water partition coefficient (Wildman–Crippen LogP) is 5.01. The van der Waals surface area contributed by atoms with Crippen molar-refractivity contribution in [3.8, 4) is 5.75 Å². The Morgan fingerprint density at radius 2 is 1.48 bits per heavy atom. The van der Waals surface area contributed by atoms with Gasteiger partial charge in [0.05, 0.1) is 6.04 Å². The van der Waals surface area contributed by atoms with Gasteiger partial charge in [-0.15, -0.1) is 0 Å². The van der Waals surface area contributed by atoms with Gasteiger partial charge < -0.3 is 15.4 Å². The van der Waals surface area contributed by atoms with Crippen molar-refractivity contribution < 1.29 is 14.3 Å². The van der Waals surface area contributed by atoms with Gasteiger partial charge in [0.2, 0.25) is 0 Å². The van der Waals surface area contributed by atoms with Crippen molar-refractivity contribution in [2.24, 2.45) is 0 Å². The molecule has 5 heteroatoms. The molecular weight excluding hydrogens is 388 g/mol.